The number of ether oxygens (including phenoxy) is 1. The summed E-state index contributed by atoms with van der Waals surface area (Å²) in [5, 5.41) is 0. The maximum absolute atomic E-state index is 12.6. The van der Waals surface area contributed by atoms with Crippen LogP contribution in [0, 0.1) is 11.8 Å². The van der Waals surface area contributed by atoms with Crippen molar-refractivity contribution in [1.82, 2.24) is 9.80 Å². The largest absolute Gasteiger partial charge is 0.489 e. The molecule has 6 nitrogen and oxygen atoms in total. The highest BCUT2D eigenvalue weighted by Gasteiger charge is 2.46. The predicted molar refractivity (Wildman–Crippen MR) is 122 cm³/mol. The van der Waals surface area contributed by atoms with E-state index in [1.54, 1.807) is 0 Å². The molecular formula is C25H35N3O3. The zero-order valence-corrected chi connectivity index (χ0v) is 18.8. The summed E-state index contributed by atoms with van der Waals surface area (Å²) in [6, 6.07) is 8.29. The van der Waals surface area contributed by atoms with Crippen molar-refractivity contribution in [2.24, 2.45) is 11.8 Å². The number of fused-ring (bicyclic) bond motifs is 1. The van der Waals surface area contributed by atoms with Crippen molar-refractivity contribution in [3.63, 3.8) is 0 Å². The van der Waals surface area contributed by atoms with E-state index < -0.39 is 0 Å². The van der Waals surface area contributed by atoms with Crippen molar-refractivity contribution in [3.8, 4) is 5.75 Å². The van der Waals surface area contributed by atoms with Crippen LogP contribution in [0.15, 0.2) is 36.4 Å². The summed E-state index contributed by atoms with van der Waals surface area (Å²) in [6.07, 6.45) is 7.60. The predicted octanol–water partition coefficient (Wildman–Crippen LogP) is 3.33. The normalized spacial score (nSPS) is 24.2. The molecule has 1 aromatic rings. The van der Waals surface area contributed by atoms with Crippen molar-refractivity contribution >= 4 is 17.5 Å². The van der Waals surface area contributed by atoms with E-state index in [4.69, 9.17) is 4.74 Å². The smallest absolute Gasteiger partial charge is 0.233 e. The Balaban J connectivity index is 1.20. The fourth-order valence-corrected chi connectivity index (χ4v) is 4.98. The van der Waals surface area contributed by atoms with Crippen LogP contribution in [0.25, 0.3) is 0 Å². The van der Waals surface area contributed by atoms with Gasteiger partial charge < -0.3 is 9.64 Å². The number of likely N-dealkylation sites (tertiary alicyclic amines) is 1. The van der Waals surface area contributed by atoms with Crippen LogP contribution in [0.1, 0.15) is 39.5 Å². The number of carbonyl (C=O) groups excluding carboxylic acids is 2. The summed E-state index contributed by atoms with van der Waals surface area (Å²) in [5.41, 5.74) is 1.18. The Hall–Kier alpha value is -2.34. The molecule has 3 aliphatic rings. The number of amides is 2. The molecule has 2 heterocycles. The van der Waals surface area contributed by atoms with Crippen molar-refractivity contribution in [2.75, 3.05) is 44.2 Å². The molecule has 1 aliphatic carbocycles. The zero-order valence-electron chi connectivity index (χ0n) is 18.8. The van der Waals surface area contributed by atoms with Crippen LogP contribution >= 0.6 is 0 Å². The van der Waals surface area contributed by atoms with E-state index in [0.29, 0.717) is 6.54 Å². The van der Waals surface area contributed by atoms with Gasteiger partial charge in [0.25, 0.3) is 0 Å². The standard InChI is InChI=1S/C25H35N3O3/c1-19(2)31-23-12-6-5-11-22(23)27-17-15-26(16-18-27)13-7-8-14-28-24(29)20-9-3-4-10-21(20)25(28)30/h3-6,11-12,19-21H,7-10,13-18H2,1-2H3. The van der Waals surface area contributed by atoms with Crippen LogP contribution in [-0.2, 0) is 9.59 Å². The van der Waals surface area contributed by atoms with Gasteiger partial charge in [-0.3, -0.25) is 19.4 Å². The number of anilines is 1. The third kappa shape index (κ3) is 4.95. The molecule has 0 radical (unpaired) electrons. The first-order chi connectivity index (χ1) is 15.0. The molecule has 2 aliphatic heterocycles. The van der Waals surface area contributed by atoms with Gasteiger partial charge in [0.2, 0.25) is 11.8 Å². The maximum atomic E-state index is 12.6. The molecule has 168 valence electrons. The maximum Gasteiger partial charge on any atom is 0.233 e. The molecule has 2 unspecified atom stereocenters. The lowest BCUT2D eigenvalue weighted by Gasteiger charge is -2.37. The van der Waals surface area contributed by atoms with Gasteiger partial charge in [0, 0.05) is 32.7 Å². The molecule has 2 saturated heterocycles. The highest BCUT2D eigenvalue weighted by atomic mass is 16.5. The first-order valence-corrected chi connectivity index (χ1v) is 11.8. The van der Waals surface area contributed by atoms with Gasteiger partial charge in [0.1, 0.15) is 5.75 Å². The van der Waals surface area contributed by atoms with E-state index >= 15 is 0 Å². The molecule has 31 heavy (non-hydrogen) atoms. The number of imide groups is 1. The summed E-state index contributed by atoms with van der Waals surface area (Å²) in [4.78, 5) is 31.5. The lowest BCUT2D eigenvalue weighted by molar-refractivity contribution is -0.139. The van der Waals surface area contributed by atoms with Crippen LogP contribution < -0.4 is 9.64 Å². The molecule has 0 N–H and O–H groups in total. The number of allylic oxidation sites excluding steroid dienone is 2. The van der Waals surface area contributed by atoms with Crippen molar-refractivity contribution in [1.29, 1.82) is 0 Å². The van der Waals surface area contributed by atoms with Crippen LogP contribution in [0.2, 0.25) is 0 Å². The minimum absolute atomic E-state index is 0.0512. The van der Waals surface area contributed by atoms with Crippen molar-refractivity contribution < 1.29 is 14.3 Å². The third-order valence-electron chi connectivity index (χ3n) is 6.65. The summed E-state index contributed by atoms with van der Waals surface area (Å²) in [5.74, 6) is 0.855. The van der Waals surface area contributed by atoms with E-state index in [1.165, 1.54) is 10.6 Å². The van der Waals surface area contributed by atoms with Gasteiger partial charge in [-0.15, -0.1) is 0 Å². The molecule has 2 atom stereocenters. The Bertz CT molecular complexity index is 788. The van der Waals surface area contributed by atoms with Gasteiger partial charge in [0.15, 0.2) is 0 Å². The fourth-order valence-electron chi connectivity index (χ4n) is 4.98. The minimum Gasteiger partial charge on any atom is -0.489 e. The second-order valence-electron chi connectivity index (χ2n) is 9.15. The van der Waals surface area contributed by atoms with Crippen LogP contribution in [0.3, 0.4) is 0 Å². The second kappa shape index (κ2) is 9.86. The molecule has 6 heteroatoms. The van der Waals surface area contributed by atoms with Gasteiger partial charge in [-0.05, 0) is 58.2 Å². The van der Waals surface area contributed by atoms with Crippen molar-refractivity contribution in [2.45, 2.75) is 45.6 Å². The number of piperazine rings is 1. The van der Waals surface area contributed by atoms with Gasteiger partial charge in [-0.1, -0.05) is 24.3 Å². The summed E-state index contributed by atoms with van der Waals surface area (Å²) in [7, 11) is 0. The molecular weight excluding hydrogens is 390 g/mol. The van der Waals surface area contributed by atoms with Gasteiger partial charge >= 0.3 is 0 Å². The SMILES string of the molecule is CC(C)Oc1ccccc1N1CCN(CCCCN2C(=O)C3CC=CCC3C2=O)CC1. The number of hydrogen-bond donors (Lipinski definition) is 0. The van der Waals surface area contributed by atoms with Crippen LogP contribution in [0.4, 0.5) is 5.69 Å². The van der Waals surface area contributed by atoms with E-state index in [0.717, 1.165) is 64.2 Å². The quantitative estimate of drug-likeness (QED) is 0.363. The molecule has 1 aromatic carbocycles. The lowest BCUT2D eigenvalue weighted by atomic mass is 9.85. The summed E-state index contributed by atoms with van der Waals surface area (Å²) >= 11 is 0. The number of rotatable bonds is 8. The van der Waals surface area contributed by atoms with Crippen molar-refractivity contribution in [3.05, 3.63) is 36.4 Å². The lowest BCUT2D eigenvalue weighted by Crippen LogP contribution is -2.46. The first kappa shape index (κ1) is 21.9. The molecule has 0 spiro atoms. The minimum atomic E-state index is -0.104. The molecule has 0 saturated carbocycles. The van der Waals surface area contributed by atoms with Gasteiger partial charge in [-0.25, -0.2) is 0 Å². The zero-order chi connectivity index (χ0) is 21.8. The average Bonchev–Trinajstić information content (AvgIpc) is 3.02. The van der Waals surface area contributed by atoms with Gasteiger partial charge in [0.05, 0.1) is 23.6 Å². The molecule has 4 rings (SSSR count). The van der Waals surface area contributed by atoms with Crippen LogP contribution in [0.5, 0.6) is 5.75 Å². The first-order valence-electron chi connectivity index (χ1n) is 11.8. The second-order valence-corrected chi connectivity index (χ2v) is 9.15. The van der Waals surface area contributed by atoms with Gasteiger partial charge in [-0.2, -0.15) is 0 Å². The number of unbranched alkanes of at least 4 members (excludes halogenated alkanes) is 1. The molecule has 2 fully saturated rings. The Kier molecular flexibility index (Phi) is 6.96. The average molecular weight is 426 g/mol. The Morgan fingerprint density at radius 2 is 1.52 bits per heavy atom. The number of carbonyl (C=O) groups is 2. The van der Waals surface area contributed by atoms with E-state index in [1.807, 2.05) is 18.2 Å². The van der Waals surface area contributed by atoms with Crippen LogP contribution in [-0.4, -0.2) is 67.0 Å². The summed E-state index contributed by atoms with van der Waals surface area (Å²) < 4.78 is 5.99. The monoisotopic (exact) mass is 425 g/mol. The molecule has 0 aromatic heterocycles. The Morgan fingerprint density at radius 1 is 0.903 bits per heavy atom. The number of hydrogen-bond acceptors (Lipinski definition) is 5. The highest BCUT2D eigenvalue weighted by Crippen LogP contribution is 2.35. The molecule has 2 amide bonds. The fraction of sp³-hybridized carbons (Fsp3) is 0.600. The Labute approximate surface area is 185 Å². The third-order valence-corrected chi connectivity index (χ3v) is 6.65. The molecule has 0 bridgehead atoms. The Morgan fingerprint density at radius 3 is 2.16 bits per heavy atom. The highest BCUT2D eigenvalue weighted by molar-refractivity contribution is 6.05. The number of para-hydroxylation sites is 2. The van der Waals surface area contributed by atoms with E-state index in [2.05, 4.69) is 41.8 Å². The number of benzene rings is 1. The van der Waals surface area contributed by atoms with E-state index in [9.17, 15) is 9.59 Å². The topological polar surface area (TPSA) is 53.1 Å². The summed E-state index contributed by atoms with van der Waals surface area (Å²) in [6.45, 7) is 9.72. The number of nitrogens with zero attached hydrogens (tertiary/aromatic N) is 3. The van der Waals surface area contributed by atoms with E-state index in [-0.39, 0.29) is 29.8 Å².